The molecule has 0 radical (unpaired) electrons. The second-order valence-electron chi connectivity index (χ2n) is 11.4. The first-order chi connectivity index (χ1) is 19.9. The second kappa shape index (κ2) is 13.8. The van der Waals surface area contributed by atoms with E-state index in [1.807, 2.05) is 100 Å². The summed E-state index contributed by atoms with van der Waals surface area (Å²) in [5.41, 5.74) is 1.88. The number of benzene rings is 3. The van der Waals surface area contributed by atoms with Crippen LogP contribution in [0.25, 0.3) is 0 Å². The normalized spacial score (nSPS) is 22.2. The molecule has 5 atom stereocenters. The molecule has 42 heavy (non-hydrogen) atoms. The average molecular weight is 647 g/mol. The first-order valence-corrected chi connectivity index (χ1v) is 17.2. The van der Waals surface area contributed by atoms with Gasteiger partial charge < -0.3 is 4.90 Å². The minimum Gasteiger partial charge on any atom is -0.334 e. The van der Waals surface area contributed by atoms with Crippen molar-refractivity contribution >= 4 is 56.7 Å². The van der Waals surface area contributed by atoms with Crippen molar-refractivity contribution in [3.63, 3.8) is 0 Å². The minimum absolute atomic E-state index is 0.0449. The van der Waals surface area contributed by atoms with Gasteiger partial charge in [0.15, 0.2) is 0 Å². The van der Waals surface area contributed by atoms with Crippen molar-refractivity contribution in [2.75, 3.05) is 12.3 Å². The molecule has 10 heteroatoms. The largest absolute Gasteiger partial charge is 0.334 e. The summed E-state index contributed by atoms with van der Waals surface area (Å²) in [5, 5.41) is 1.13. The molecule has 0 bridgehead atoms. The van der Waals surface area contributed by atoms with E-state index >= 15 is 0 Å². The molecule has 1 aliphatic heterocycles. The molecule has 2 amide bonds. The molecule has 3 unspecified atom stereocenters. The van der Waals surface area contributed by atoms with Gasteiger partial charge in [-0.3, -0.25) is 23.3 Å². The third-order valence-electron chi connectivity index (χ3n) is 7.74. The van der Waals surface area contributed by atoms with Gasteiger partial charge in [-0.15, -0.1) is 0 Å². The van der Waals surface area contributed by atoms with Crippen LogP contribution in [-0.2, 0) is 31.3 Å². The molecular formula is C32H37Cl2N3O3S2. The quantitative estimate of drug-likeness (QED) is 0.241. The lowest BCUT2D eigenvalue weighted by Gasteiger charge is -2.49. The number of carbonyl (C=O) groups excluding carboxylic acids is 2. The van der Waals surface area contributed by atoms with Crippen molar-refractivity contribution in [1.29, 1.82) is 4.78 Å². The summed E-state index contributed by atoms with van der Waals surface area (Å²) in [4.78, 5) is 30.3. The molecule has 224 valence electrons. The zero-order valence-electron chi connectivity index (χ0n) is 24.2. The van der Waals surface area contributed by atoms with Gasteiger partial charge >= 0.3 is 0 Å². The van der Waals surface area contributed by atoms with Crippen LogP contribution in [0.2, 0.25) is 10.0 Å². The fourth-order valence-electron chi connectivity index (χ4n) is 5.53. The van der Waals surface area contributed by atoms with Gasteiger partial charge in [-0.05, 0) is 60.9 Å². The summed E-state index contributed by atoms with van der Waals surface area (Å²) >= 11 is 12.7. The maximum absolute atomic E-state index is 14.4. The van der Waals surface area contributed by atoms with Gasteiger partial charge in [0.2, 0.25) is 11.8 Å². The lowest BCUT2D eigenvalue weighted by molar-refractivity contribution is -0.153. The molecule has 0 aliphatic carbocycles. The van der Waals surface area contributed by atoms with Crippen molar-refractivity contribution in [2.45, 2.75) is 62.6 Å². The van der Waals surface area contributed by atoms with Crippen molar-refractivity contribution in [1.82, 2.24) is 9.62 Å². The molecule has 0 spiro atoms. The summed E-state index contributed by atoms with van der Waals surface area (Å²) < 4.78 is 24.2. The summed E-state index contributed by atoms with van der Waals surface area (Å²) in [6.45, 7) is 7.87. The summed E-state index contributed by atoms with van der Waals surface area (Å²) in [6, 6.07) is 22.2. The monoisotopic (exact) mass is 645 g/mol. The molecule has 0 aromatic heterocycles. The first kappa shape index (κ1) is 32.4. The minimum atomic E-state index is -1.26. The van der Waals surface area contributed by atoms with E-state index in [0.29, 0.717) is 27.1 Å². The molecular weight excluding hydrogens is 609 g/mol. The van der Waals surface area contributed by atoms with Crippen LogP contribution < -0.4 is 4.72 Å². The molecule has 1 aliphatic rings. The predicted molar refractivity (Wildman–Crippen MR) is 173 cm³/mol. The lowest BCUT2D eigenvalue weighted by Crippen LogP contribution is -2.54. The van der Waals surface area contributed by atoms with E-state index < -0.39 is 27.1 Å². The SMILES string of the molecule is Cc1ccc(S(=N)NC(=O)C[C@@]2(C)C[C@H](c3cccc(Cl)c3)C(c3ccc(Cl)cc3)N(CCS(=O)C(C)C)C2=O)cc1. The summed E-state index contributed by atoms with van der Waals surface area (Å²) in [5.74, 6) is -0.400. The first-order valence-electron chi connectivity index (χ1n) is 13.9. The standard InChI is InChI=1S/C32H37Cl2N3O3S2/c1-21(2)41(40)17-16-37-30(23-10-12-25(33)13-11-23)28(24-6-5-7-26(34)18-24)19-32(4,31(37)39)20-29(38)36-42(35)27-14-8-22(3)9-15-27/h5-15,18,21,28,30H,16-17,19-20H2,1-4H3,(H2,35,36,38)/t28-,30?,32-,41?,42?/m1/s1. The van der Waals surface area contributed by atoms with Gasteiger partial charge in [0.05, 0.1) is 11.5 Å². The molecule has 4 rings (SSSR count). The highest BCUT2D eigenvalue weighted by Gasteiger charge is 2.50. The van der Waals surface area contributed by atoms with Crippen molar-refractivity contribution in [3.8, 4) is 0 Å². The van der Waals surface area contributed by atoms with Crippen LogP contribution in [0, 0.1) is 17.1 Å². The maximum Gasteiger partial charge on any atom is 0.231 e. The Bertz CT molecular complexity index is 1480. The van der Waals surface area contributed by atoms with Crippen LogP contribution in [-0.4, -0.2) is 38.5 Å². The summed E-state index contributed by atoms with van der Waals surface area (Å²) in [6.07, 6.45) is 0.321. The molecule has 3 aromatic carbocycles. The van der Waals surface area contributed by atoms with Gasteiger partial charge in [-0.1, -0.05) is 85.9 Å². The number of likely N-dealkylation sites (tertiary alicyclic amines) is 1. The zero-order valence-corrected chi connectivity index (χ0v) is 27.4. The Balaban J connectivity index is 1.71. The average Bonchev–Trinajstić information content (AvgIpc) is 2.94. The summed E-state index contributed by atoms with van der Waals surface area (Å²) in [7, 11) is -2.39. The van der Waals surface area contributed by atoms with E-state index in [0.717, 1.165) is 16.7 Å². The molecule has 1 fully saturated rings. The van der Waals surface area contributed by atoms with Gasteiger partial charge in [0, 0.05) is 66.5 Å². The molecule has 6 nitrogen and oxygen atoms in total. The van der Waals surface area contributed by atoms with Crippen molar-refractivity contribution in [2.24, 2.45) is 5.41 Å². The second-order valence-corrected chi connectivity index (χ2v) is 15.6. The number of piperidine rings is 1. The van der Waals surface area contributed by atoms with Crippen LogP contribution in [0.4, 0.5) is 0 Å². The number of halogens is 2. The number of nitrogens with one attached hydrogen (secondary N) is 2. The molecule has 3 aromatic rings. The van der Waals surface area contributed by atoms with Crippen LogP contribution >= 0.6 is 23.2 Å². The third kappa shape index (κ3) is 7.70. The van der Waals surface area contributed by atoms with E-state index in [1.54, 1.807) is 4.90 Å². The highest BCUT2D eigenvalue weighted by atomic mass is 35.5. The van der Waals surface area contributed by atoms with Crippen LogP contribution in [0.1, 0.15) is 62.3 Å². The van der Waals surface area contributed by atoms with E-state index in [4.69, 9.17) is 28.0 Å². The number of hydrogen-bond acceptors (Lipinski definition) is 4. The molecule has 2 N–H and O–H groups in total. The Morgan fingerprint density at radius 1 is 1.05 bits per heavy atom. The van der Waals surface area contributed by atoms with Gasteiger partial charge in [0.1, 0.15) is 0 Å². The molecule has 0 saturated carbocycles. The van der Waals surface area contributed by atoms with E-state index in [2.05, 4.69) is 4.72 Å². The van der Waals surface area contributed by atoms with Gasteiger partial charge in [-0.25, -0.2) is 0 Å². The highest BCUT2D eigenvalue weighted by molar-refractivity contribution is 7.85. The van der Waals surface area contributed by atoms with Gasteiger partial charge in [0.25, 0.3) is 0 Å². The fraction of sp³-hybridized carbons (Fsp3) is 0.375. The van der Waals surface area contributed by atoms with E-state index in [9.17, 15) is 13.8 Å². The number of rotatable bonds is 10. The molecule has 1 saturated heterocycles. The van der Waals surface area contributed by atoms with E-state index in [-0.39, 0.29) is 42.0 Å². The maximum atomic E-state index is 14.4. The van der Waals surface area contributed by atoms with Crippen molar-refractivity contribution in [3.05, 3.63) is 99.5 Å². The van der Waals surface area contributed by atoms with Gasteiger partial charge in [-0.2, -0.15) is 0 Å². The Labute approximate surface area is 263 Å². The number of hydrogen-bond donors (Lipinski definition) is 2. The number of amides is 2. The third-order valence-corrected chi connectivity index (χ3v) is 11.0. The Morgan fingerprint density at radius 3 is 2.33 bits per heavy atom. The fourth-order valence-corrected chi connectivity index (χ4v) is 7.53. The Kier molecular flexibility index (Phi) is 10.7. The zero-order chi connectivity index (χ0) is 30.6. The Hall–Kier alpha value is -2.52. The smallest absolute Gasteiger partial charge is 0.231 e. The highest BCUT2D eigenvalue weighted by Crippen LogP contribution is 2.51. The molecule has 1 heterocycles. The number of aryl methyl sites for hydroxylation is 1. The lowest BCUT2D eigenvalue weighted by atomic mass is 9.67. The van der Waals surface area contributed by atoms with Crippen molar-refractivity contribution < 1.29 is 13.8 Å². The van der Waals surface area contributed by atoms with Crippen LogP contribution in [0.5, 0.6) is 0 Å². The van der Waals surface area contributed by atoms with Crippen LogP contribution in [0.3, 0.4) is 0 Å². The number of carbonyl (C=O) groups is 2. The predicted octanol–water partition coefficient (Wildman–Crippen LogP) is 7.38. The number of nitrogens with zero attached hydrogens (tertiary/aromatic N) is 1. The topological polar surface area (TPSA) is 90.3 Å². The van der Waals surface area contributed by atoms with Crippen LogP contribution in [0.15, 0.2) is 77.7 Å². The van der Waals surface area contributed by atoms with E-state index in [1.165, 1.54) is 0 Å². The Morgan fingerprint density at radius 2 is 1.71 bits per heavy atom.